The Morgan fingerprint density at radius 1 is 1.08 bits per heavy atom. The molecule has 0 spiro atoms. The van der Waals surface area contributed by atoms with Gasteiger partial charge >= 0.3 is 0 Å². The fourth-order valence-electron chi connectivity index (χ4n) is 3.51. The van der Waals surface area contributed by atoms with E-state index < -0.39 is 10.0 Å². The minimum atomic E-state index is -3.61. The number of ether oxygens (including phenoxy) is 1. The summed E-state index contributed by atoms with van der Waals surface area (Å²) in [7, 11) is -2.13. The fourth-order valence-corrected chi connectivity index (χ4v) is 5.17. The van der Waals surface area contributed by atoms with Gasteiger partial charge in [-0.2, -0.15) is 4.31 Å². The third-order valence-corrected chi connectivity index (χ3v) is 7.01. The molecule has 2 aliphatic rings. The van der Waals surface area contributed by atoms with Crippen molar-refractivity contribution in [2.75, 3.05) is 52.9 Å². The van der Waals surface area contributed by atoms with E-state index in [4.69, 9.17) is 4.74 Å². The number of nitrogens with zero attached hydrogens (tertiary/aromatic N) is 3. The first-order valence-electron chi connectivity index (χ1n) is 9.07. The smallest absolute Gasteiger partial charge is 0.246 e. The lowest BCUT2D eigenvalue weighted by Crippen LogP contribution is -2.51. The lowest BCUT2D eigenvalue weighted by molar-refractivity contribution is -0.131. The highest BCUT2D eigenvalue weighted by Gasteiger charge is 2.32. The summed E-state index contributed by atoms with van der Waals surface area (Å²) in [6, 6.07) is 5.17. The second kappa shape index (κ2) is 7.94. The van der Waals surface area contributed by atoms with Gasteiger partial charge in [0.25, 0.3) is 0 Å². The van der Waals surface area contributed by atoms with Crippen LogP contribution < -0.4 is 4.74 Å². The minimum absolute atomic E-state index is 0.152. The Morgan fingerprint density at radius 2 is 1.73 bits per heavy atom. The van der Waals surface area contributed by atoms with E-state index in [0.717, 1.165) is 31.5 Å². The summed E-state index contributed by atoms with van der Waals surface area (Å²) in [4.78, 5) is 16.4. The molecule has 0 bridgehead atoms. The van der Waals surface area contributed by atoms with Crippen molar-refractivity contribution in [1.29, 1.82) is 0 Å². The van der Waals surface area contributed by atoms with Crippen LogP contribution in [0.25, 0.3) is 0 Å². The van der Waals surface area contributed by atoms with Crippen LogP contribution >= 0.6 is 0 Å². The van der Waals surface area contributed by atoms with E-state index >= 15 is 0 Å². The SMILES string of the molecule is COc1ccc(C)cc1S(=O)(=O)N1CCN(CC(=O)N2CCCC2)CC1. The lowest BCUT2D eigenvalue weighted by Gasteiger charge is -2.34. The number of amides is 1. The highest BCUT2D eigenvalue weighted by molar-refractivity contribution is 7.89. The number of hydrogen-bond acceptors (Lipinski definition) is 5. The average Bonchev–Trinajstić information content (AvgIpc) is 3.17. The number of likely N-dealkylation sites (tertiary alicyclic amines) is 1. The number of piperazine rings is 1. The van der Waals surface area contributed by atoms with Crippen LogP contribution in [0.5, 0.6) is 5.75 Å². The molecule has 2 saturated heterocycles. The van der Waals surface area contributed by atoms with Crippen molar-refractivity contribution in [3.63, 3.8) is 0 Å². The first kappa shape index (κ1) is 19.1. The molecule has 2 heterocycles. The molecule has 0 N–H and O–H groups in total. The Kier molecular flexibility index (Phi) is 5.84. The number of hydrogen-bond donors (Lipinski definition) is 0. The maximum absolute atomic E-state index is 13.0. The minimum Gasteiger partial charge on any atom is -0.495 e. The molecule has 2 fully saturated rings. The molecule has 0 saturated carbocycles. The monoisotopic (exact) mass is 381 g/mol. The molecule has 2 aliphatic heterocycles. The summed E-state index contributed by atoms with van der Waals surface area (Å²) < 4.78 is 32.7. The van der Waals surface area contributed by atoms with Gasteiger partial charge in [0.2, 0.25) is 15.9 Å². The molecule has 0 radical (unpaired) electrons. The van der Waals surface area contributed by atoms with Gasteiger partial charge in [0.05, 0.1) is 13.7 Å². The zero-order valence-electron chi connectivity index (χ0n) is 15.5. The van der Waals surface area contributed by atoms with Crippen LogP contribution in [-0.2, 0) is 14.8 Å². The summed E-state index contributed by atoms with van der Waals surface area (Å²) in [6.07, 6.45) is 2.16. The largest absolute Gasteiger partial charge is 0.495 e. The number of sulfonamides is 1. The molecule has 1 aromatic rings. The van der Waals surface area contributed by atoms with Crippen molar-refractivity contribution in [1.82, 2.24) is 14.1 Å². The number of carbonyl (C=O) groups is 1. The molecule has 8 heteroatoms. The van der Waals surface area contributed by atoms with Crippen LogP contribution in [-0.4, -0.2) is 81.4 Å². The van der Waals surface area contributed by atoms with Crippen LogP contribution in [0.15, 0.2) is 23.1 Å². The summed E-state index contributed by atoms with van der Waals surface area (Å²) >= 11 is 0. The standard InChI is InChI=1S/C18H27N3O4S/c1-15-5-6-16(25-2)17(13-15)26(23,24)21-11-9-19(10-12-21)14-18(22)20-7-3-4-8-20/h5-6,13H,3-4,7-12,14H2,1-2H3. The second-order valence-electron chi connectivity index (χ2n) is 6.92. The Balaban J connectivity index is 1.63. The highest BCUT2D eigenvalue weighted by Crippen LogP contribution is 2.28. The predicted octanol–water partition coefficient (Wildman–Crippen LogP) is 0.932. The number of carbonyl (C=O) groups excluding carboxylic acids is 1. The second-order valence-corrected chi connectivity index (χ2v) is 8.83. The van der Waals surface area contributed by atoms with Crippen molar-refractivity contribution in [2.24, 2.45) is 0 Å². The summed E-state index contributed by atoms with van der Waals surface area (Å²) in [5, 5.41) is 0. The third kappa shape index (κ3) is 4.02. The molecule has 0 aliphatic carbocycles. The normalized spacial score (nSPS) is 19.7. The summed E-state index contributed by atoms with van der Waals surface area (Å²) in [5.41, 5.74) is 0.874. The Morgan fingerprint density at radius 3 is 2.35 bits per heavy atom. The van der Waals surface area contributed by atoms with Gasteiger partial charge in [0, 0.05) is 39.3 Å². The zero-order valence-corrected chi connectivity index (χ0v) is 16.3. The molecule has 0 unspecified atom stereocenters. The first-order chi connectivity index (χ1) is 12.4. The molecule has 0 atom stereocenters. The van der Waals surface area contributed by atoms with Crippen molar-refractivity contribution in [3.05, 3.63) is 23.8 Å². The van der Waals surface area contributed by atoms with E-state index in [1.54, 1.807) is 12.1 Å². The topological polar surface area (TPSA) is 70.2 Å². The quantitative estimate of drug-likeness (QED) is 0.759. The maximum atomic E-state index is 13.0. The van der Waals surface area contributed by atoms with Gasteiger partial charge < -0.3 is 9.64 Å². The fraction of sp³-hybridized carbons (Fsp3) is 0.611. The van der Waals surface area contributed by atoms with Gasteiger partial charge in [-0.1, -0.05) is 6.07 Å². The van der Waals surface area contributed by atoms with E-state index in [2.05, 4.69) is 0 Å². The maximum Gasteiger partial charge on any atom is 0.246 e. The van der Waals surface area contributed by atoms with Gasteiger partial charge in [-0.3, -0.25) is 9.69 Å². The third-order valence-electron chi connectivity index (χ3n) is 5.09. The number of benzene rings is 1. The molecule has 0 aromatic heterocycles. The van der Waals surface area contributed by atoms with Crippen LogP contribution in [0.3, 0.4) is 0 Å². The van der Waals surface area contributed by atoms with Gasteiger partial charge in [0.15, 0.2) is 0 Å². The Bertz CT molecular complexity index is 752. The molecule has 3 rings (SSSR count). The van der Waals surface area contributed by atoms with Crippen LogP contribution in [0.2, 0.25) is 0 Å². The first-order valence-corrected chi connectivity index (χ1v) is 10.5. The van der Waals surface area contributed by atoms with Gasteiger partial charge in [0.1, 0.15) is 10.6 Å². The van der Waals surface area contributed by atoms with Crippen molar-refractivity contribution in [3.8, 4) is 5.75 Å². The Labute approximate surface area is 155 Å². The van der Waals surface area contributed by atoms with Crippen molar-refractivity contribution < 1.29 is 17.9 Å². The molecule has 26 heavy (non-hydrogen) atoms. The molecule has 144 valence electrons. The Hall–Kier alpha value is -1.64. The van der Waals surface area contributed by atoms with Crippen LogP contribution in [0.1, 0.15) is 18.4 Å². The molecule has 7 nitrogen and oxygen atoms in total. The molecule has 1 aromatic carbocycles. The predicted molar refractivity (Wildman–Crippen MR) is 98.7 cm³/mol. The number of aryl methyl sites for hydroxylation is 1. The molecule has 1 amide bonds. The number of rotatable bonds is 5. The van der Waals surface area contributed by atoms with E-state index in [9.17, 15) is 13.2 Å². The van der Waals surface area contributed by atoms with Crippen molar-refractivity contribution >= 4 is 15.9 Å². The summed E-state index contributed by atoms with van der Waals surface area (Å²) in [5.74, 6) is 0.515. The van der Waals surface area contributed by atoms with Crippen LogP contribution in [0.4, 0.5) is 0 Å². The van der Waals surface area contributed by atoms with Crippen LogP contribution in [0, 0.1) is 6.92 Å². The van der Waals surface area contributed by atoms with Gasteiger partial charge in [-0.05, 0) is 37.5 Å². The van der Waals surface area contributed by atoms with Crippen molar-refractivity contribution in [2.45, 2.75) is 24.7 Å². The average molecular weight is 381 g/mol. The highest BCUT2D eigenvalue weighted by atomic mass is 32.2. The summed E-state index contributed by atoms with van der Waals surface area (Å²) in [6.45, 7) is 5.82. The van der Waals surface area contributed by atoms with Gasteiger partial charge in [-0.15, -0.1) is 0 Å². The molecular formula is C18H27N3O4S. The number of methoxy groups -OCH3 is 1. The zero-order chi connectivity index (χ0) is 18.7. The van der Waals surface area contributed by atoms with E-state index in [1.165, 1.54) is 11.4 Å². The van der Waals surface area contributed by atoms with Gasteiger partial charge in [-0.25, -0.2) is 8.42 Å². The lowest BCUT2D eigenvalue weighted by atomic mass is 10.2. The van der Waals surface area contributed by atoms with E-state index in [1.807, 2.05) is 22.8 Å². The molecular weight excluding hydrogens is 354 g/mol. The van der Waals surface area contributed by atoms with E-state index in [-0.39, 0.29) is 10.8 Å². The van der Waals surface area contributed by atoms with E-state index in [0.29, 0.717) is 38.5 Å².